The SMILES string of the molecule is Fc1ccc(COc2ccc(Cl)cc2CNCc2ccccn2)cc1.[Cl-]. The molecule has 3 rings (SSSR count). The lowest BCUT2D eigenvalue weighted by molar-refractivity contribution is -0.00000598. The molecule has 3 aromatic rings. The highest BCUT2D eigenvalue weighted by atomic mass is 35.5. The van der Waals surface area contributed by atoms with Crippen molar-refractivity contribution in [2.45, 2.75) is 19.7 Å². The standard InChI is InChI=1S/C20H18ClFN2O.ClH/c21-17-6-9-20(25-14-15-4-7-18(22)8-5-15)16(11-17)12-23-13-19-3-1-2-10-24-19;/h1-11,23H,12-14H2;1H/p-1. The van der Waals surface area contributed by atoms with Crippen molar-refractivity contribution in [3.05, 3.63) is 94.5 Å². The molecule has 0 bridgehead atoms. The van der Waals surface area contributed by atoms with Crippen molar-refractivity contribution in [1.82, 2.24) is 10.3 Å². The Hall–Kier alpha value is -2.14. The molecule has 0 unspecified atom stereocenters. The van der Waals surface area contributed by atoms with Crippen LogP contribution in [-0.4, -0.2) is 4.98 Å². The van der Waals surface area contributed by atoms with Crippen molar-refractivity contribution >= 4 is 11.6 Å². The predicted molar refractivity (Wildman–Crippen MR) is 97.0 cm³/mol. The minimum absolute atomic E-state index is 0. The van der Waals surface area contributed by atoms with E-state index in [0.717, 1.165) is 22.6 Å². The van der Waals surface area contributed by atoms with E-state index in [1.807, 2.05) is 30.3 Å². The van der Waals surface area contributed by atoms with Gasteiger partial charge in [0.2, 0.25) is 0 Å². The smallest absolute Gasteiger partial charge is 0.124 e. The summed E-state index contributed by atoms with van der Waals surface area (Å²) in [6.07, 6.45) is 1.77. The van der Waals surface area contributed by atoms with Crippen molar-refractivity contribution in [1.29, 1.82) is 0 Å². The van der Waals surface area contributed by atoms with Crippen LogP contribution in [-0.2, 0) is 19.7 Å². The van der Waals surface area contributed by atoms with Gasteiger partial charge in [0.15, 0.2) is 0 Å². The van der Waals surface area contributed by atoms with Crippen LogP contribution in [0.4, 0.5) is 4.39 Å². The lowest BCUT2D eigenvalue weighted by Gasteiger charge is -2.13. The third kappa shape index (κ3) is 5.99. The Morgan fingerprint density at radius 3 is 2.54 bits per heavy atom. The van der Waals surface area contributed by atoms with Crippen LogP contribution in [0.25, 0.3) is 0 Å². The minimum Gasteiger partial charge on any atom is -1.00 e. The first-order valence-electron chi connectivity index (χ1n) is 7.97. The number of aromatic nitrogens is 1. The Morgan fingerprint density at radius 1 is 1.00 bits per heavy atom. The van der Waals surface area contributed by atoms with E-state index in [1.54, 1.807) is 24.4 Å². The molecular formula is C20H18Cl2FN2O-. The second-order valence-corrected chi connectivity index (χ2v) is 6.03. The fourth-order valence-electron chi connectivity index (χ4n) is 2.40. The van der Waals surface area contributed by atoms with E-state index >= 15 is 0 Å². The molecule has 0 saturated heterocycles. The first-order valence-corrected chi connectivity index (χ1v) is 8.35. The van der Waals surface area contributed by atoms with E-state index < -0.39 is 0 Å². The Bertz CT molecular complexity index is 814. The summed E-state index contributed by atoms with van der Waals surface area (Å²) in [7, 11) is 0. The molecule has 0 aliphatic heterocycles. The van der Waals surface area contributed by atoms with Gasteiger partial charge in [-0.1, -0.05) is 29.8 Å². The molecule has 0 fully saturated rings. The Labute approximate surface area is 163 Å². The van der Waals surface area contributed by atoms with Crippen molar-refractivity contribution < 1.29 is 21.5 Å². The van der Waals surface area contributed by atoms with E-state index in [4.69, 9.17) is 16.3 Å². The van der Waals surface area contributed by atoms with Gasteiger partial charge in [0.25, 0.3) is 0 Å². The molecule has 0 saturated carbocycles. The van der Waals surface area contributed by atoms with Gasteiger partial charge in [0, 0.05) is 29.9 Å². The van der Waals surface area contributed by atoms with Gasteiger partial charge in [-0.3, -0.25) is 4.98 Å². The predicted octanol–water partition coefficient (Wildman–Crippen LogP) is 1.75. The summed E-state index contributed by atoms with van der Waals surface area (Å²) in [6, 6.07) is 17.6. The average Bonchev–Trinajstić information content (AvgIpc) is 2.63. The highest BCUT2D eigenvalue weighted by molar-refractivity contribution is 6.30. The van der Waals surface area contributed by atoms with Gasteiger partial charge >= 0.3 is 0 Å². The molecule has 136 valence electrons. The Balaban J connectivity index is 0.00000243. The van der Waals surface area contributed by atoms with Crippen molar-refractivity contribution in [2.24, 2.45) is 0 Å². The molecule has 0 spiro atoms. The van der Waals surface area contributed by atoms with Crippen LogP contribution in [0.15, 0.2) is 66.9 Å². The minimum atomic E-state index is -0.255. The van der Waals surface area contributed by atoms with Gasteiger partial charge in [0.05, 0.1) is 5.69 Å². The third-order valence-corrected chi connectivity index (χ3v) is 3.91. The monoisotopic (exact) mass is 391 g/mol. The molecule has 3 nitrogen and oxygen atoms in total. The van der Waals surface area contributed by atoms with Crippen LogP contribution in [0.3, 0.4) is 0 Å². The van der Waals surface area contributed by atoms with Crippen LogP contribution in [0, 0.1) is 5.82 Å². The maximum Gasteiger partial charge on any atom is 0.124 e. The van der Waals surface area contributed by atoms with Gasteiger partial charge in [-0.15, -0.1) is 0 Å². The number of pyridine rings is 1. The zero-order valence-electron chi connectivity index (χ0n) is 14.0. The summed E-state index contributed by atoms with van der Waals surface area (Å²) in [5, 5.41) is 4.00. The number of halogens is 3. The van der Waals surface area contributed by atoms with Crippen LogP contribution >= 0.6 is 11.6 Å². The van der Waals surface area contributed by atoms with Crippen LogP contribution in [0.2, 0.25) is 5.02 Å². The van der Waals surface area contributed by atoms with E-state index in [2.05, 4.69) is 10.3 Å². The molecule has 1 N–H and O–H groups in total. The second kappa shape index (κ2) is 10.1. The molecule has 0 radical (unpaired) electrons. The summed E-state index contributed by atoms with van der Waals surface area (Å²) < 4.78 is 18.9. The molecule has 2 aromatic carbocycles. The Morgan fingerprint density at radius 2 is 1.81 bits per heavy atom. The molecule has 1 heterocycles. The summed E-state index contributed by atoms with van der Waals surface area (Å²) in [4.78, 5) is 4.28. The maximum atomic E-state index is 13.0. The number of benzene rings is 2. The lowest BCUT2D eigenvalue weighted by Crippen LogP contribution is -3.00. The lowest BCUT2D eigenvalue weighted by atomic mass is 10.2. The number of rotatable bonds is 7. The molecule has 26 heavy (non-hydrogen) atoms. The molecule has 0 aliphatic rings. The summed E-state index contributed by atoms with van der Waals surface area (Å²) in [6.45, 7) is 1.63. The highest BCUT2D eigenvalue weighted by Gasteiger charge is 2.06. The molecular weight excluding hydrogens is 374 g/mol. The van der Waals surface area contributed by atoms with E-state index in [-0.39, 0.29) is 18.2 Å². The second-order valence-electron chi connectivity index (χ2n) is 5.59. The highest BCUT2D eigenvalue weighted by Crippen LogP contribution is 2.24. The van der Waals surface area contributed by atoms with Crippen LogP contribution < -0.4 is 22.5 Å². The fourth-order valence-corrected chi connectivity index (χ4v) is 2.59. The Kier molecular flexibility index (Phi) is 7.85. The zero-order chi connectivity index (χ0) is 17.5. The zero-order valence-corrected chi connectivity index (χ0v) is 15.5. The quantitative estimate of drug-likeness (QED) is 0.666. The number of nitrogens with one attached hydrogen (secondary N) is 1. The molecule has 1 aromatic heterocycles. The van der Waals surface area contributed by atoms with Gasteiger partial charge in [-0.05, 0) is 48.0 Å². The summed E-state index contributed by atoms with van der Waals surface area (Å²) >= 11 is 6.11. The maximum absolute atomic E-state index is 13.0. The molecule has 6 heteroatoms. The number of nitrogens with zero attached hydrogens (tertiary/aromatic N) is 1. The van der Waals surface area contributed by atoms with Gasteiger partial charge < -0.3 is 22.5 Å². The average molecular weight is 392 g/mol. The summed E-state index contributed by atoms with van der Waals surface area (Å²) in [5.41, 5.74) is 2.84. The fraction of sp³-hybridized carbons (Fsp3) is 0.150. The van der Waals surface area contributed by atoms with E-state index in [9.17, 15) is 4.39 Å². The normalized spacial score (nSPS) is 10.2. The number of hydrogen-bond acceptors (Lipinski definition) is 3. The molecule has 0 amide bonds. The van der Waals surface area contributed by atoms with Crippen LogP contribution in [0.5, 0.6) is 5.75 Å². The topological polar surface area (TPSA) is 34.1 Å². The number of ether oxygens (including phenoxy) is 1. The third-order valence-electron chi connectivity index (χ3n) is 3.68. The first kappa shape index (κ1) is 20.2. The van der Waals surface area contributed by atoms with Crippen LogP contribution in [0.1, 0.15) is 16.8 Å². The first-order chi connectivity index (χ1) is 12.2. The molecule has 0 atom stereocenters. The molecule has 0 aliphatic carbocycles. The van der Waals surface area contributed by atoms with Gasteiger partial charge in [-0.2, -0.15) is 0 Å². The van der Waals surface area contributed by atoms with Gasteiger partial charge in [0.1, 0.15) is 18.2 Å². The largest absolute Gasteiger partial charge is 1.00 e. The van der Waals surface area contributed by atoms with E-state index in [1.165, 1.54) is 12.1 Å². The van der Waals surface area contributed by atoms with Crippen molar-refractivity contribution in [2.75, 3.05) is 0 Å². The summed E-state index contributed by atoms with van der Waals surface area (Å²) in [5.74, 6) is 0.497. The van der Waals surface area contributed by atoms with Crippen molar-refractivity contribution in [3.8, 4) is 5.75 Å². The van der Waals surface area contributed by atoms with Crippen molar-refractivity contribution in [3.63, 3.8) is 0 Å². The van der Waals surface area contributed by atoms with Gasteiger partial charge in [-0.25, -0.2) is 4.39 Å². The number of hydrogen-bond donors (Lipinski definition) is 1. The van der Waals surface area contributed by atoms with E-state index in [0.29, 0.717) is 24.7 Å².